The van der Waals surface area contributed by atoms with Crippen molar-refractivity contribution in [3.63, 3.8) is 0 Å². The van der Waals surface area contributed by atoms with Crippen LogP contribution in [-0.2, 0) is 6.42 Å². The number of H-pyrrole nitrogens is 1. The van der Waals surface area contributed by atoms with Crippen molar-refractivity contribution >= 4 is 10.9 Å². The zero-order chi connectivity index (χ0) is 14.8. The number of nitrogens with one attached hydrogen (secondary N) is 1. The molecular formula is C18H23NO2. The number of ether oxygens (including phenoxy) is 1. The average molecular weight is 285 g/mol. The summed E-state index contributed by atoms with van der Waals surface area (Å²) in [5.41, 5.74) is 3.11. The second-order valence-electron chi connectivity index (χ2n) is 6.13. The number of pyridine rings is 1. The SMILES string of the molecule is CCCCc1cc(=O)[nH]c2c(C)c(OCC3CC3)ccc12. The first kappa shape index (κ1) is 14.2. The fourth-order valence-corrected chi connectivity index (χ4v) is 2.74. The van der Waals surface area contributed by atoms with Crippen molar-refractivity contribution in [3.8, 4) is 5.75 Å². The van der Waals surface area contributed by atoms with E-state index in [0.29, 0.717) is 0 Å². The van der Waals surface area contributed by atoms with E-state index in [1.165, 1.54) is 12.8 Å². The number of benzene rings is 1. The number of unbranched alkanes of at least 4 members (excludes halogenated alkanes) is 1. The summed E-state index contributed by atoms with van der Waals surface area (Å²) in [6.07, 6.45) is 5.77. The van der Waals surface area contributed by atoms with E-state index in [-0.39, 0.29) is 5.56 Å². The molecule has 3 heteroatoms. The molecule has 0 amide bonds. The van der Waals surface area contributed by atoms with E-state index in [0.717, 1.165) is 59.6 Å². The van der Waals surface area contributed by atoms with Crippen molar-refractivity contribution in [2.75, 3.05) is 6.61 Å². The van der Waals surface area contributed by atoms with Gasteiger partial charge in [-0.25, -0.2) is 0 Å². The lowest BCUT2D eigenvalue weighted by molar-refractivity contribution is 0.298. The maximum atomic E-state index is 11.9. The first-order valence-electron chi connectivity index (χ1n) is 7.97. The molecule has 1 aromatic heterocycles. The van der Waals surface area contributed by atoms with Crippen LogP contribution in [0.4, 0.5) is 0 Å². The van der Waals surface area contributed by atoms with Crippen LogP contribution in [0.3, 0.4) is 0 Å². The molecule has 1 N–H and O–H groups in total. The molecule has 1 heterocycles. The summed E-state index contributed by atoms with van der Waals surface area (Å²) in [6.45, 7) is 5.00. The van der Waals surface area contributed by atoms with Crippen LogP contribution < -0.4 is 10.3 Å². The van der Waals surface area contributed by atoms with Crippen LogP contribution in [0, 0.1) is 12.8 Å². The summed E-state index contributed by atoms with van der Waals surface area (Å²) in [5, 5.41) is 1.15. The highest BCUT2D eigenvalue weighted by molar-refractivity contribution is 5.86. The van der Waals surface area contributed by atoms with Crippen molar-refractivity contribution < 1.29 is 4.74 Å². The van der Waals surface area contributed by atoms with Gasteiger partial charge in [-0.1, -0.05) is 13.3 Å². The molecule has 0 unspecified atom stereocenters. The smallest absolute Gasteiger partial charge is 0.248 e. The fraction of sp³-hybridized carbons (Fsp3) is 0.500. The highest BCUT2D eigenvalue weighted by atomic mass is 16.5. The molecule has 0 aliphatic heterocycles. The molecule has 0 radical (unpaired) electrons. The van der Waals surface area contributed by atoms with E-state index >= 15 is 0 Å². The van der Waals surface area contributed by atoms with E-state index in [2.05, 4.69) is 18.0 Å². The van der Waals surface area contributed by atoms with Crippen LogP contribution in [0.1, 0.15) is 43.7 Å². The van der Waals surface area contributed by atoms with Gasteiger partial charge in [0.2, 0.25) is 5.56 Å². The third kappa shape index (κ3) is 3.12. The van der Waals surface area contributed by atoms with Crippen molar-refractivity contribution in [2.24, 2.45) is 5.92 Å². The lowest BCUT2D eigenvalue weighted by Crippen LogP contribution is -2.09. The standard InChI is InChI=1S/C18H23NO2/c1-3-4-5-14-10-17(20)19-18-12(2)16(9-8-15(14)18)21-11-13-6-7-13/h8-10,13H,3-7,11H2,1-2H3,(H,19,20). The monoisotopic (exact) mass is 285 g/mol. The van der Waals surface area contributed by atoms with Crippen molar-refractivity contribution in [1.29, 1.82) is 0 Å². The summed E-state index contributed by atoms with van der Waals surface area (Å²) in [7, 11) is 0. The van der Waals surface area contributed by atoms with Gasteiger partial charge in [0, 0.05) is 17.0 Å². The third-order valence-corrected chi connectivity index (χ3v) is 4.29. The second-order valence-corrected chi connectivity index (χ2v) is 6.13. The van der Waals surface area contributed by atoms with E-state index < -0.39 is 0 Å². The maximum absolute atomic E-state index is 11.9. The minimum Gasteiger partial charge on any atom is -0.493 e. The molecule has 1 aliphatic rings. The molecule has 0 bridgehead atoms. The van der Waals surface area contributed by atoms with Crippen LogP contribution in [-0.4, -0.2) is 11.6 Å². The summed E-state index contributed by atoms with van der Waals surface area (Å²) in [4.78, 5) is 14.9. The summed E-state index contributed by atoms with van der Waals surface area (Å²) in [5.74, 6) is 1.63. The number of hydrogen-bond acceptors (Lipinski definition) is 2. The molecule has 1 aliphatic carbocycles. The van der Waals surface area contributed by atoms with Gasteiger partial charge in [-0.2, -0.15) is 0 Å². The van der Waals surface area contributed by atoms with Crippen LogP contribution in [0.5, 0.6) is 5.75 Å². The zero-order valence-corrected chi connectivity index (χ0v) is 12.9. The van der Waals surface area contributed by atoms with Gasteiger partial charge in [0.1, 0.15) is 5.75 Å². The van der Waals surface area contributed by atoms with Crippen molar-refractivity contribution in [1.82, 2.24) is 4.98 Å². The van der Waals surface area contributed by atoms with E-state index in [4.69, 9.17) is 4.74 Å². The Labute approximate surface area is 125 Å². The Hall–Kier alpha value is -1.77. The molecule has 0 atom stereocenters. The number of aromatic nitrogens is 1. The van der Waals surface area contributed by atoms with Crippen molar-refractivity contribution in [2.45, 2.75) is 46.0 Å². The normalized spacial score (nSPS) is 14.6. The van der Waals surface area contributed by atoms with Crippen LogP contribution in [0.25, 0.3) is 10.9 Å². The summed E-state index contributed by atoms with van der Waals surface area (Å²) in [6, 6.07) is 5.88. The Morgan fingerprint density at radius 3 is 2.86 bits per heavy atom. The van der Waals surface area contributed by atoms with Crippen molar-refractivity contribution in [3.05, 3.63) is 39.7 Å². The number of hydrogen-bond donors (Lipinski definition) is 1. The largest absolute Gasteiger partial charge is 0.493 e. The molecule has 3 nitrogen and oxygen atoms in total. The second kappa shape index (κ2) is 5.92. The van der Waals surface area contributed by atoms with E-state index in [1.54, 1.807) is 6.07 Å². The molecule has 112 valence electrons. The Balaban J connectivity index is 1.98. The Morgan fingerprint density at radius 2 is 2.14 bits per heavy atom. The molecule has 0 saturated heterocycles. The van der Waals surface area contributed by atoms with Gasteiger partial charge in [-0.15, -0.1) is 0 Å². The Morgan fingerprint density at radius 1 is 1.33 bits per heavy atom. The minimum absolute atomic E-state index is 0.0176. The van der Waals surface area contributed by atoms with Gasteiger partial charge in [0.25, 0.3) is 0 Å². The molecule has 1 fully saturated rings. The predicted octanol–water partition coefficient (Wildman–Crippen LogP) is 3.97. The summed E-state index contributed by atoms with van der Waals surface area (Å²) >= 11 is 0. The Kier molecular flexibility index (Phi) is 4.00. The van der Waals surface area contributed by atoms with E-state index in [9.17, 15) is 4.79 Å². The number of aryl methyl sites for hydroxylation is 2. The average Bonchev–Trinajstić information content (AvgIpc) is 3.29. The topological polar surface area (TPSA) is 42.1 Å². The fourth-order valence-electron chi connectivity index (χ4n) is 2.74. The van der Waals surface area contributed by atoms with Gasteiger partial charge >= 0.3 is 0 Å². The zero-order valence-electron chi connectivity index (χ0n) is 12.9. The highest BCUT2D eigenvalue weighted by Crippen LogP contribution is 2.32. The summed E-state index contributed by atoms with van der Waals surface area (Å²) < 4.78 is 5.91. The number of fused-ring (bicyclic) bond motifs is 1. The molecular weight excluding hydrogens is 262 g/mol. The third-order valence-electron chi connectivity index (χ3n) is 4.29. The van der Waals surface area contributed by atoms with Crippen LogP contribution >= 0.6 is 0 Å². The molecule has 3 rings (SSSR count). The minimum atomic E-state index is -0.0176. The van der Waals surface area contributed by atoms with Gasteiger partial charge in [-0.05, 0) is 56.2 Å². The van der Waals surface area contributed by atoms with Gasteiger partial charge in [0.05, 0.1) is 12.1 Å². The molecule has 1 saturated carbocycles. The van der Waals surface area contributed by atoms with Crippen LogP contribution in [0.15, 0.2) is 23.0 Å². The maximum Gasteiger partial charge on any atom is 0.248 e. The number of rotatable bonds is 6. The number of aromatic amines is 1. The molecule has 1 aromatic carbocycles. The van der Waals surface area contributed by atoms with Gasteiger partial charge in [-0.3, -0.25) is 4.79 Å². The van der Waals surface area contributed by atoms with E-state index in [1.807, 2.05) is 13.0 Å². The first-order chi connectivity index (χ1) is 10.2. The van der Waals surface area contributed by atoms with Gasteiger partial charge < -0.3 is 9.72 Å². The van der Waals surface area contributed by atoms with Gasteiger partial charge in [0.15, 0.2) is 0 Å². The quantitative estimate of drug-likeness (QED) is 0.872. The predicted molar refractivity (Wildman–Crippen MR) is 86.1 cm³/mol. The lowest BCUT2D eigenvalue weighted by Gasteiger charge is -2.13. The molecule has 0 spiro atoms. The Bertz CT molecular complexity index is 698. The van der Waals surface area contributed by atoms with Crippen LogP contribution in [0.2, 0.25) is 0 Å². The molecule has 21 heavy (non-hydrogen) atoms. The lowest BCUT2D eigenvalue weighted by atomic mass is 10.0. The first-order valence-corrected chi connectivity index (χ1v) is 7.97. The molecule has 2 aromatic rings. The highest BCUT2D eigenvalue weighted by Gasteiger charge is 2.22.